The van der Waals surface area contributed by atoms with E-state index < -0.39 is 12.1 Å². The van der Waals surface area contributed by atoms with Gasteiger partial charge in [-0.3, -0.25) is 0 Å². The zero-order valence-electron chi connectivity index (χ0n) is 13.1. The Balaban J connectivity index is 1.51. The van der Waals surface area contributed by atoms with Crippen LogP contribution < -0.4 is 24.8 Å². The Bertz CT molecular complexity index is 717. The first-order valence-electron chi connectivity index (χ1n) is 7.42. The Kier molecular flexibility index (Phi) is 4.72. The third kappa shape index (κ3) is 3.69. The zero-order valence-corrected chi connectivity index (χ0v) is 13.1. The maximum Gasteiger partial charge on any atom is 0.319 e. The van der Waals surface area contributed by atoms with Crippen molar-refractivity contribution < 1.29 is 24.1 Å². The molecule has 1 atom stereocenters. The second kappa shape index (κ2) is 7.10. The van der Waals surface area contributed by atoms with Crippen LogP contribution in [0.15, 0.2) is 42.5 Å². The summed E-state index contributed by atoms with van der Waals surface area (Å²) in [6.45, 7) is 0.266. The minimum atomic E-state index is -0.807. The van der Waals surface area contributed by atoms with E-state index in [9.17, 15) is 9.90 Å². The fourth-order valence-corrected chi connectivity index (χ4v) is 2.28. The number of rotatable bonds is 5. The van der Waals surface area contributed by atoms with Gasteiger partial charge in [0.05, 0.1) is 13.2 Å². The van der Waals surface area contributed by atoms with Crippen LogP contribution in [0.2, 0.25) is 0 Å². The molecule has 7 nitrogen and oxygen atoms in total. The van der Waals surface area contributed by atoms with Gasteiger partial charge in [0.15, 0.2) is 11.5 Å². The molecule has 0 saturated heterocycles. The molecule has 7 heteroatoms. The Labute approximate surface area is 139 Å². The minimum Gasteiger partial charge on any atom is -0.497 e. The summed E-state index contributed by atoms with van der Waals surface area (Å²) in [6, 6.07) is 11.7. The van der Waals surface area contributed by atoms with E-state index >= 15 is 0 Å². The van der Waals surface area contributed by atoms with Gasteiger partial charge in [-0.1, -0.05) is 12.1 Å². The first-order valence-corrected chi connectivity index (χ1v) is 7.42. The number of aliphatic hydroxyl groups excluding tert-OH is 1. The van der Waals surface area contributed by atoms with Crippen LogP contribution in [0.4, 0.5) is 10.5 Å². The molecule has 0 aromatic heterocycles. The monoisotopic (exact) mass is 330 g/mol. The molecule has 1 aliphatic rings. The first-order chi connectivity index (χ1) is 11.7. The second-order valence-corrected chi connectivity index (χ2v) is 5.19. The highest BCUT2D eigenvalue weighted by Crippen LogP contribution is 2.34. The van der Waals surface area contributed by atoms with Gasteiger partial charge >= 0.3 is 6.03 Å². The molecule has 0 bridgehead atoms. The summed E-state index contributed by atoms with van der Waals surface area (Å²) >= 11 is 0. The van der Waals surface area contributed by atoms with Crippen molar-refractivity contribution >= 4 is 11.7 Å². The fourth-order valence-electron chi connectivity index (χ4n) is 2.28. The van der Waals surface area contributed by atoms with E-state index in [2.05, 4.69) is 10.6 Å². The van der Waals surface area contributed by atoms with Crippen LogP contribution in [0.3, 0.4) is 0 Å². The van der Waals surface area contributed by atoms with E-state index in [1.165, 1.54) is 0 Å². The average molecular weight is 330 g/mol. The number of anilines is 1. The molecule has 1 heterocycles. The number of hydrogen-bond acceptors (Lipinski definition) is 5. The van der Waals surface area contributed by atoms with Crippen molar-refractivity contribution in [2.45, 2.75) is 6.10 Å². The zero-order chi connectivity index (χ0) is 16.9. The predicted molar refractivity (Wildman–Crippen MR) is 87.5 cm³/mol. The topological polar surface area (TPSA) is 89.1 Å². The molecule has 24 heavy (non-hydrogen) atoms. The second-order valence-electron chi connectivity index (χ2n) is 5.19. The van der Waals surface area contributed by atoms with Crippen LogP contribution >= 0.6 is 0 Å². The molecule has 2 aromatic rings. The lowest BCUT2D eigenvalue weighted by molar-refractivity contribution is 0.174. The number of hydrogen-bond donors (Lipinski definition) is 3. The number of amides is 2. The number of benzene rings is 2. The molecule has 2 aromatic carbocycles. The number of carbonyl (C=O) groups excluding carboxylic acids is 1. The highest BCUT2D eigenvalue weighted by Gasteiger charge is 2.14. The maximum absolute atomic E-state index is 11.9. The molecule has 3 rings (SSSR count). The van der Waals surface area contributed by atoms with Gasteiger partial charge in [0.25, 0.3) is 0 Å². The van der Waals surface area contributed by atoms with Crippen molar-refractivity contribution in [1.82, 2.24) is 5.32 Å². The van der Waals surface area contributed by atoms with Crippen molar-refractivity contribution in [3.05, 3.63) is 48.0 Å². The lowest BCUT2D eigenvalue weighted by Gasteiger charge is -2.13. The summed E-state index contributed by atoms with van der Waals surface area (Å²) in [5, 5.41) is 15.4. The van der Waals surface area contributed by atoms with Crippen LogP contribution in [0.25, 0.3) is 0 Å². The van der Waals surface area contributed by atoms with E-state index in [0.717, 1.165) is 0 Å². The van der Waals surface area contributed by atoms with Crippen LogP contribution in [0.1, 0.15) is 11.7 Å². The highest BCUT2D eigenvalue weighted by molar-refractivity contribution is 5.89. The minimum absolute atomic E-state index is 0.0860. The average Bonchev–Trinajstić information content (AvgIpc) is 3.07. The Morgan fingerprint density at radius 2 is 1.96 bits per heavy atom. The summed E-state index contributed by atoms with van der Waals surface area (Å²) in [6.07, 6.45) is -0.807. The number of methoxy groups -OCH3 is 1. The lowest BCUT2D eigenvalue weighted by Crippen LogP contribution is -2.32. The van der Waals surface area contributed by atoms with E-state index in [0.29, 0.717) is 28.5 Å². The Morgan fingerprint density at radius 3 is 2.71 bits per heavy atom. The van der Waals surface area contributed by atoms with Crippen molar-refractivity contribution in [2.24, 2.45) is 0 Å². The third-order valence-electron chi connectivity index (χ3n) is 3.59. The largest absolute Gasteiger partial charge is 0.497 e. The molecule has 2 amide bonds. The molecule has 126 valence electrons. The van der Waals surface area contributed by atoms with Gasteiger partial charge < -0.3 is 30.0 Å². The van der Waals surface area contributed by atoms with Gasteiger partial charge in [-0.15, -0.1) is 0 Å². The molecular formula is C17H18N2O5. The Hall–Kier alpha value is -2.93. The Morgan fingerprint density at radius 1 is 1.21 bits per heavy atom. The van der Waals surface area contributed by atoms with Crippen molar-refractivity contribution in [3.63, 3.8) is 0 Å². The molecule has 0 radical (unpaired) electrons. The maximum atomic E-state index is 11.9. The number of aliphatic hydroxyl groups is 1. The fraction of sp³-hybridized carbons (Fsp3) is 0.235. The summed E-state index contributed by atoms with van der Waals surface area (Å²) < 4.78 is 15.5. The molecule has 0 spiro atoms. The lowest BCUT2D eigenvalue weighted by atomic mass is 10.1. The molecule has 1 aliphatic heterocycles. The number of urea groups is 1. The first kappa shape index (κ1) is 15.9. The van der Waals surface area contributed by atoms with E-state index in [-0.39, 0.29) is 13.3 Å². The summed E-state index contributed by atoms with van der Waals surface area (Å²) in [7, 11) is 1.58. The normalized spacial score (nSPS) is 13.2. The van der Waals surface area contributed by atoms with E-state index in [4.69, 9.17) is 14.2 Å². The number of fused-ring (bicyclic) bond motifs is 1. The van der Waals surface area contributed by atoms with Crippen molar-refractivity contribution in [2.75, 3.05) is 25.8 Å². The van der Waals surface area contributed by atoms with Crippen LogP contribution in [-0.2, 0) is 0 Å². The van der Waals surface area contributed by atoms with Gasteiger partial charge in [0.1, 0.15) is 5.75 Å². The van der Waals surface area contributed by atoms with Crippen molar-refractivity contribution in [3.8, 4) is 17.2 Å². The third-order valence-corrected chi connectivity index (χ3v) is 3.59. The number of nitrogens with one attached hydrogen (secondary N) is 2. The predicted octanol–water partition coefficient (Wildman–Crippen LogP) is 2.28. The number of ether oxygens (including phenoxy) is 3. The van der Waals surface area contributed by atoms with Gasteiger partial charge in [-0.25, -0.2) is 4.79 Å². The van der Waals surface area contributed by atoms with E-state index in [1.54, 1.807) is 49.6 Å². The molecule has 3 N–H and O–H groups in total. The summed E-state index contributed by atoms with van der Waals surface area (Å²) in [4.78, 5) is 11.9. The van der Waals surface area contributed by atoms with Crippen LogP contribution in [0.5, 0.6) is 17.2 Å². The molecule has 0 aliphatic carbocycles. The van der Waals surface area contributed by atoms with Gasteiger partial charge in [0.2, 0.25) is 6.79 Å². The highest BCUT2D eigenvalue weighted by atomic mass is 16.7. The number of carbonyl (C=O) groups is 1. The van der Waals surface area contributed by atoms with Crippen LogP contribution in [-0.4, -0.2) is 31.6 Å². The summed E-state index contributed by atoms with van der Waals surface area (Å²) in [5.41, 5.74) is 1.27. The molecule has 0 saturated carbocycles. The molecule has 0 fully saturated rings. The summed E-state index contributed by atoms with van der Waals surface area (Å²) in [5.74, 6) is 1.95. The molecular weight excluding hydrogens is 312 g/mol. The SMILES string of the molecule is COc1ccc(C(O)CNC(=O)Nc2ccc3c(c2)OCO3)cc1. The molecule has 1 unspecified atom stereocenters. The van der Waals surface area contributed by atoms with Gasteiger partial charge in [0, 0.05) is 18.3 Å². The van der Waals surface area contributed by atoms with E-state index in [1.807, 2.05) is 0 Å². The van der Waals surface area contributed by atoms with Gasteiger partial charge in [-0.05, 0) is 29.8 Å². The smallest absolute Gasteiger partial charge is 0.319 e. The quantitative estimate of drug-likeness (QED) is 0.783. The standard InChI is InChI=1S/C17H18N2O5/c1-22-13-5-2-11(3-6-13)14(20)9-18-17(21)19-12-4-7-15-16(8-12)24-10-23-15/h2-8,14,20H,9-10H2,1H3,(H2,18,19,21). The van der Waals surface area contributed by atoms with Crippen molar-refractivity contribution in [1.29, 1.82) is 0 Å². The van der Waals surface area contributed by atoms with Crippen LogP contribution in [0, 0.1) is 0 Å². The van der Waals surface area contributed by atoms with Gasteiger partial charge in [-0.2, -0.15) is 0 Å².